The van der Waals surface area contributed by atoms with Gasteiger partial charge in [0.2, 0.25) is 5.91 Å². The molecule has 0 bridgehead atoms. The molecule has 0 spiro atoms. The van der Waals surface area contributed by atoms with Crippen molar-refractivity contribution in [1.82, 2.24) is 5.32 Å². The normalized spacial score (nSPS) is 9.67. The first-order chi connectivity index (χ1) is 8.71. The monoisotopic (exact) mass is 251 g/mol. The van der Waals surface area contributed by atoms with E-state index in [0.29, 0.717) is 23.6 Å². The number of hydrogen-bond donors (Lipinski definition) is 1. The van der Waals surface area contributed by atoms with Crippen molar-refractivity contribution in [2.75, 3.05) is 20.3 Å². The van der Waals surface area contributed by atoms with Crippen LogP contribution in [0.5, 0.6) is 11.5 Å². The van der Waals surface area contributed by atoms with Crippen LogP contribution in [0.4, 0.5) is 0 Å². The summed E-state index contributed by atoms with van der Waals surface area (Å²) in [5, 5.41) is 2.68. The van der Waals surface area contributed by atoms with E-state index in [1.165, 1.54) is 7.11 Å². The fourth-order valence-electron chi connectivity index (χ4n) is 1.42. The second kappa shape index (κ2) is 7.32. The van der Waals surface area contributed by atoms with Gasteiger partial charge >= 0.3 is 0 Å². The first-order valence-corrected chi connectivity index (χ1v) is 5.74. The van der Waals surface area contributed by atoms with Crippen molar-refractivity contribution >= 4 is 12.2 Å². The van der Waals surface area contributed by atoms with Gasteiger partial charge < -0.3 is 14.8 Å². The van der Waals surface area contributed by atoms with Crippen LogP contribution in [0.25, 0.3) is 0 Å². The number of carbonyl (C=O) groups is 2. The molecule has 0 aliphatic rings. The molecule has 0 unspecified atom stereocenters. The van der Waals surface area contributed by atoms with Gasteiger partial charge in [-0.05, 0) is 25.1 Å². The molecule has 1 aromatic carbocycles. The van der Waals surface area contributed by atoms with Gasteiger partial charge in [-0.25, -0.2) is 0 Å². The van der Waals surface area contributed by atoms with Gasteiger partial charge in [0, 0.05) is 12.1 Å². The lowest BCUT2D eigenvalue weighted by atomic mass is 10.2. The Bertz CT molecular complexity index is 417. The number of amides is 1. The summed E-state index contributed by atoms with van der Waals surface area (Å²) >= 11 is 0. The maximum atomic E-state index is 11.2. The molecule has 0 aliphatic carbocycles. The van der Waals surface area contributed by atoms with E-state index in [1.54, 1.807) is 18.2 Å². The van der Waals surface area contributed by atoms with Crippen LogP contribution in [0.3, 0.4) is 0 Å². The number of aldehydes is 1. The zero-order valence-electron chi connectivity index (χ0n) is 10.6. The van der Waals surface area contributed by atoms with E-state index in [1.807, 2.05) is 6.92 Å². The Labute approximate surface area is 106 Å². The molecule has 5 nitrogen and oxygen atoms in total. The van der Waals surface area contributed by atoms with Gasteiger partial charge in [0.25, 0.3) is 0 Å². The Hall–Kier alpha value is -2.04. The fourth-order valence-corrected chi connectivity index (χ4v) is 1.42. The van der Waals surface area contributed by atoms with Crippen LogP contribution >= 0.6 is 0 Å². The average molecular weight is 251 g/mol. The molecule has 0 heterocycles. The number of benzene rings is 1. The Kier molecular flexibility index (Phi) is 5.70. The highest BCUT2D eigenvalue weighted by molar-refractivity contribution is 5.76. The number of ether oxygens (including phenoxy) is 2. The molecule has 0 atom stereocenters. The van der Waals surface area contributed by atoms with E-state index < -0.39 is 0 Å². The van der Waals surface area contributed by atoms with Crippen LogP contribution in [0.15, 0.2) is 18.2 Å². The summed E-state index contributed by atoms with van der Waals surface area (Å²) in [6.07, 6.45) is 1.02. The Balaban J connectivity index is 2.56. The zero-order chi connectivity index (χ0) is 13.4. The Morgan fingerprint density at radius 3 is 2.78 bits per heavy atom. The molecule has 0 aromatic heterocycles. The standard InChI is InChI=1S/C13H17NO4/c1-3-14-13(16)6-7-18-11-5-4-10(9-15)8-12(11)17-2/h4-5,8-9H,3,6-7H2,1-2H3,(H,14,16). The quantitative estimate of drug-likeness (QED) is 0.744. The van der Waals surface area contributed by atoms with Gasteiger partial charge in [0.15, 0.2) is 11.5 Å². The topological polar surface area (TPSA) is 64.6 Å². The smallest absolute Gasteiger partial charge is 0.223 e. The maximum Gasteiger partial charge on any atom is 0.223 e. The summed E-state index contributed by atoms with van der Waals surface area (Å²) < 4.78 is 10.6. The number of methoxy groups -OCH3 is 1. The number of rotatable bonds is 7. The van der Waals surface area contributed by atoms with E-state index in [2.05, 4.69) is 5.32 Å². The number of nitrogens with one attached hydrogen (secondary N) is 1. The molecule has 0 radical (unpaired) electrons. The largest absolute Gasteiger partial charge is 0.493 e. The van der Waals surface area contributed by atoms with Gasteiger partial charge in [-0.2, -0.15) is 0 Å². The molecular formula is C13H17NO4. The van der Waals surface area contributed by atoms with Gasteiger partial charge in [0.1, 0.15) is 6.29 Å². The third-order valence-corrected chi connectivity index (χ3v) is 2.28. The summed E-state index contributed by atoms with van der Waals surface area (Å²) in [4.78, 5) is 21.8. The molecule has 0 aliphatic heterocycles. The summed E-state index contributed by atoms with van der Waals surface area (Å²) in [7, 11) is 1.50. The summed E-state index contributed by atoms with van der Waals surface area (Å²) in [6.45, 7) is 2.73. The van der Waals surface area contributed by atoms with E-state index in [4.69, 9.17) is 9.47 Å². The summed E-state index contributed by atoms with van der Waals surface area (Å²) in [5.41, 5.74) is 0.517. The van der Waals surface area contributed by atoms with E-state index >= 15 is 0 Å². The Morgan fingerprint density at radius 1 is 1.39 bits per heavy atom. The van der Waals surface area contributed by atoms with E-state index in [-0.39, 0.29) is 18.9 Å². The molecule has 1 N–H and O–H groups in total. The molecule has 0 saturated carbocycles. The molecule has 0 saturated heterocycles. The van der Waals surface area contributed by atoms with Crippen LogP contribution in [0, 0.1) is 0 Å². The molecule has 0 fully saturated rings. The third-order valence-electron chi connectivity index (χ3n) is 2.28. The molecule has 1 rings (SSSR count). The lowest BCUT2D eigenvalue weighted by Crippen LogP contribution is -2.24. The van der Waals surface area contributed by atoms with Crippen molar-refractivity contribution in [3.05, 3.63) is 23.8 Å². The predicted octanol–water partition coefficient (Wildman–Crippen LogP) is 1.41. The minimum Gasteiger partial charge on any atom is -0.493 e. The highest BCUT2D eigenvalue weighted by Gasteiger charge is 2.06. The Morgan fingerprint density at radius 2 is 2.17 bits per heavy atom. The van der Waals surface area contributed by atoms with Crippen LogP contribution < -0.4 is 14.8 Å². The zero-order valence-corrected chi connectivity index (χ0v) is 10.6. The molecular weight excluding hydrogens is 234 g/mol. The van der Waals surface area contributed by atoms with Crippen molar-refractivity contribution in [3.63, 3.8) is 0 Å². The van der Waals surface area contributed by atoms with Gasteiger partial charge in [0.05, 0.1) is 20.1 Å². The van der Waals surface area contributed by atoms with Crippen molar-refractivity contribution in [2.24, 2.45) is 0 Å². The van der Waals surface area contributed by atoms with Crippen molar-refractivity contribution < 1.29 is 19.1 Å². The second-order valence-corrected chi connectivity index (χ2v) is 3.58. The van der Waals surface area contributed by atoms with Crippen molar-refractivity contribution in [1.29, 1.82) is 0 Å². The predicted molar refractivity (Wildman–Crippen MR) is 67.2 cm³/mol. The number of carbonyl (C=O) groups excluding carboxylic acids is 2. The number of hydrogen-bond acceptors (Lipinski definition) is 4. The average Bonchev–Trinajstić information content (AvgIpc) is 2.39. The van der Waals surface area contributed by atoms with E-state index in [9.17, 15) is 9.59 Å². The summed E-state index contributed by atoms with van der Waals surface area (Å²) in [5.74, 6) is 0.948. The molecule has 1 aromatic rings. The van der Waals surface area contributed by atoms with Crippen LogP contribution in [0.2, 0.25) is 0 Å². The van der Waals surface area contributed by atoms with E-state index in [0.717, 1.165) is 6.29 Å². The van der Waals surface area contributed by atoms with Crippen molar-refractivity contribution in [2.45, 2.75) is 13.3 Å². The molecule has 98 valence electrons. The minimum atomic E-state index is -0.0546. The van der Waals surface area contributed by atoms with Gasteiger partial charge in [-0.1, -0.05) is 0 Å². The van der Waals surface area contributed by atoms with Gasteiger partial charge in [-0.15, -0.1) is 0 Å². The minimum absolute atomic E-state index is 0.0546. The van der Waals surface area contributed by atoms with Crippen LogP contribution in [-0.2, 0) is 4.79 Å². The highest BCUT2D eigenvalue weighted by Crippen LogP contribution is 2.27. The lowest BCUT2D eigenvalue weighted by molar-refractivity contribution is -0.121. The molecule has 18 heavy (non-hydrogen) atoms. The lowest BCUT2D eigenvalue weighted by Gasteiger charge is -2.10. The van der Waals surface area contributed by atoms with Crippen LogP contribution in [0.1, 0.15) is 23.7 Å². The SMILES string of the molecule is CCNC(=O)CCOc1ccc(C=O)cc1OC. The van der Waals surface area contributed by atoms with Gasteiger partial charge in [-0.3, -0.25) is 9.59 Å². The summed E-state index contributed by atoms with van der Waals surface area (Å²) in [6, 6.07) is 4.88. The fraction of sp³-hybridized carbons (Fsp3) is 0.385. The van der Waals surface area contributed by atoms with Crippen LogP contribution in [-0.4, -0.2) is 32.5 Å². The first-order valence-electron chi connectivity index (χ1n) is 5.74. The molecule has 1 amide bonds. The second-order valence-electron chi connectivity index (χ2n) is 3.58. The maximum absolute atomic E-state index is 11.2. The highest BCUT2D eigenvalue weighted by atomic mass is 16.5. The third kappa shape index (κ3) is 4.08. The van der Waals surface area contributed by atoms with Crippen molar-refractivity contribution in [3.8, 4) is 11.5 Å². The molecule has 5 heteroatoms. The first kappa shape index (κ1) is 14.0.